The molecule has 0 aliphatic carbocycles. The summed E-state index contributed by atoms with van der Waals surface area (Å²) in [7, 11) is 0. The second-order valence-corrected chi connectivity index (χ2v) is 6.49. The lowest BCUT2D eigenvalue weighted by Gasteiger charge is -2.35. The van der Waals surface area contributed by atoms with Crippen LogP contribution in [0.15, 0.2) is 54.6 Å². The third-order valence-electron chi connectivity index (χ3n) is 5.32. The molecule has 0 N–H and O–H groups in total. The molecule has 0 unspecified atom stereocenters. The lowest BCUT2D eigenvalue weighted by Crippen LogP contribution is -2.49. The zero-order chi connectivity index (χ0) is 17.3. The zero-order valence-electron chi connectivity index (χ0n) is 15.5. The molecule has 0 bridgehead atoms. The van der Waals surface area contributed by atoms with Gasteiger partial charge in [0.2, 0.25) is 0 Å². The van der Waals surface area contributed by atoms with E-state index in [0.29, 0.717) is 0 Å². The van der Waals surface area contributed by atoms with Gasteiger partial charge in [0.05, 0.1) is 19.6 Å². The van der Waals surface area contributed by atoms with Crippen molar-refractivity contribution < 1.29 is 9.22 Å². The summed E-state index contributed by atoms with van der Waals surface area (Å²) in [6.07, 6.45) is 2.16. The minimum absolute atomic E-state index is 0.791. The molecule has 0 amide bonds. The van der Waals surface area contributed by atoms with Crippen molar-refractivity contribution in [2.24, 2.45) is 0 Å². The van der Waals surface area contributed by atoms with Gasteiger partial charge in [-0.3, -0.25) is 0 Å². The third-order valence-corrected chi connectivity index (χ3v) is 5.32. The highest BCUT2D eigenvalue weighted by Crippen LogP contribution is 2.15. The molecule has 0 aliphatic heterocycles. The third kappa shape index (κ3) is 5.38. The number of ether oxygens (including phenoxy) is 1. The van der Waals surface area contributed by atoms with Gasteiger partial charge in [0.25, 0.3) is 0 Å². The molecular weight excluding hydrogens is 294 g/mol. The maximum atomic E-state index is 5.97. The van der Waals surface area contributed by atoms with Crippen molar-refractivity contribution >= 4 is 0 Å². The molecule has 0 spiro atoms. The SMILES string of the molecule is CC[N+](CC)(CC)CCOc1ccc(CCc2ccccc2)cc1. The molecule has 2 heteroatoms. The maximum Gasteiger partial charge on any atom is 0.137 e. The van der Waals surface area contributed by atoms with Crippen molar-refractivity contribution in [3.63, 3.8) is 0 Å². The highest BCUT2D eigenvalue weighted by molar-refractivity contribution is 5.28. The van der Waals surface area contributed by atoms with Crippen LogP contribution in [0.4, 0.5) is 0 Å². The van der Waals surface area contributed by atoms with Gasteiger partial charge in [0.1, 0.15) is 18.9 Å². The molecule has 0 aromatic heterocycles. The minimum Gasteiger partial charge on any atom is -0.488 e. The first kappa shape index (κ1) is 18.5. The fourth-order valence-corrected chi connectivity index (χ4v) is 3.19. The average Bonchev–Trinajstić information content (AvgIpc) is 2.66. The van der Waals surface area contributed by atoms with Crippen LogP contribution in [-0.2, 0) is 12.8 Å². The van der Waals surface area contributed by atoms with E-state index < -0.39 is 0 Å². The molecule has 0 heterocycles. The van der Waals surface area contributed by atoms with Gasteiger partial charge in [-0.25, -0.2) is 0 Å². The number of quaternary nitrogens is 1. The van der Waals surface area contributed by atoms with Crippen molar-refractivity contribution in [1.82, 2.24) is 0 Å². The lowest BCUT2D eigenvalue weighted by atomic mass is 10.0. The van der Waals surface area contributed by atoms with E-state index in [1.54, 1.807) is 0 Å². The monoisotopic (exact) mass is 326 g/mol. The molecule has 0 fully saturated rings. The Bertz CT molecular complexity index is 564. The average molecular weight is 327 g/mol. The highest BCUT2D eigenvalue weighted by Gasteiger charge is 2.20. The highest BCUT2D eigenvalue weighted by atomic mass is 16.5. The van der Waals surface area contributed by atoms with Crippen molar-refractivity contribution in [1.29, 1.82) is 0 Å². The van der Waals surface area contributed by atoms with Crippen LogP contribution in [0, 0.1) is 0 Å². The number of rotatable bonds is 10. The lowest BCUT2D eigenvalue weighted by molar-refractivity contribution is -0.923. The molecule has 0 radical (unpaired) electrons. The van der Waals surface area contributed by atoms with Crippen LogP contribution in [-0.4, -0.2) is 37.3 Å². The first-order valence-electron chi connectivity index (χ1n) is 9.32. The van der Waals surface area contributed by atoms with E-state index in [0.717, 1.165) is 36.2 Å². The fourth-order valence-electron chi connectivity index (χ4n) is 3.19. The van der Waals surface area contributed by atoms with Crippen LogP contribution in [0.3, 0.4) is 0 Å². The predicted molar refractivity (Wildman–Crippen MR) is 103 cm³/mol. The summed E-state index contributed by atoms with van der Waals surface area (Å²) >= 11 is 0. The van der Waals surface area contributed by atoms with Crippen molar-refractivity contribution in [3.05, 3.63) is 65.7 Å². The van der Waals surface area contributed by atoms with Crippen LogP contribution < -0.4 is 4.74 Å². The normalized spacial score (nSPS) is 11.5. The standard InChI is InChI=1S/C22H32NO/c1-4-23(5-2,6-3)18-19-24-22-16-14-21(15-17-22)13-12-20-10-8-7-9-11-20/h7-11,14-17H,4-6,12-13,18-19H2,1-3H3/q+1. The van der Waals surface area contributed by atoms with Gasteiger partial charge in [-0.2, -0.15) is 0 Å². The summed E-state index contributed by atoms with van der Waals surface area (Å²) in [5.41, 5.74) is 2.76. The van der Waals surface area contributed by atoms with Crippen LogP contribution in [0.2, 0.25) is 0 Å². The van der Waals surface area contributed by atoms with Crippen molar-refractivity contribution in [3.8, 4) is 5.75 Å². The summed E-state index contributed by atoms with van der Waals surface area (Å²) in [6, 6.07) is 19.3. The number of hydrogen-bond donors (Lipinski definition) is 0. The van der Waals surface area contributed by atoms with E-state index in [2.05, 4.69) is 75.4 Å². The molecule has 24 heavy (non-hydrogen) atoms. The number of benzene rings is 2. The Balaban J connectivity index is 1.79. The summed E-state index contributed by atoms with van der Waals surface area (Å²) in [6.45, 7) is 12.2. The van der Waals surface area contributed by atoms with Gasteiger partial charge < -0.3 is 9.22 Å². The Hall–Kier alpha value is -1.80. The molecule has 2 aromatic rings. The topological polar surface area (TPSA) is 9.23 Å². The van der Waals surface area contributed by atoms with Gasteiger partial charge >= 0.3 is 0 Å². The first-order valence-corrected chi connectivity index (χ1v) is 9.32. The summed E-state index contributed by atoms with van der Waals surface area (Å²) in [4.78, 5) is 0. The number of aryl methyl sites for hydroxylation is 2. The van der Waals surface area contributed by atoms with E-state index in [1.165, 1.54) is 30.8 Å². The maximum absolute atomic E-state index is 5.97. The largest absolute Gasteiger partial charge is 0.488 e. The van der Waals surface area contributed by atoms with E-state index in [4.69, 9.17) is 4.74 Å². The second kappa shape index (κ2) is 9.48. The molecule has 2 nitrogen and oxygen atoms in total. The van der Waals surface area contributed by atoms with Crippen molar-refractivity contribution in [2.75, 3.05) is 32.8 Å². The number of nitrogens with zero attached hydrogens (tertiary/aromatic N) is 1. The van der Waals surface area contributed by atoms with Crippen LogP contribution in [0.1, 0.15) is 31.9 Å². The van der Waals surface area contributed by atoms with Gasteiger partial charge in [-0.15, -0.1) is 0 Å². The first-order chi connectivity index (χ1) is 11.7. The van der Waals surface area contributed by atoms with E-state index >= 15 is 0 Å². The second-order valence-electron chi connectivity index (χ2n) is 6.49. The molecule has 130 valence electrons. The van der Waals surface area contributed by atoms with Crippen molar-refractivity contribution in [2.45, 2.75) is 33.6 Å². The fraction of sp³-hybridized carbons (Fsp3) is 0.455. The Morgan fingerprint density at radius 1 is 0.708 bits per heavy atom. The smallest absolute Gasteiger partial charge is 0.137 e. The number of hydrogen-bond acceptors (Lipinski definition) is 1. The van der Waals surface area contributed by atoms with E-state index in [1.807, 2.05) is 0 Å². The van der Waals surface area contributed by atoms with Gasteiger partial charge in [-0.05, 0) is 56.9 Å². The predicted octanol–water partition coefficient (Wildman–Crippen LogP) is 4.73. The Morgan fingerprint density at radius 3 is 1.79 bits per heavy atom. The minimum atomic E-state index is 0.791. The van der Waals surface area contributed by atoms with Crippen LogP contribution in [0.5, 0.6) is 5.75 Å². The molecule has 2 rings (SSSR count). The Labute approximate surface area is 147 Å². The zero-order valence-corrected chi connectivity index (χ0v) is 15.5. The molecular formula is C22H32NO+. The van der Waals surface area contributed by atoms with E-state index in [-0.39, 0.29) is 0 Å². The Kier molecular flexibility index (Phi) is 7.33. The summed E-state index contributed by atoms with van der Waals surface area (Å²) in [5, 5.41) is 0. The van der Waals surface area contributed by atoms with Gasteiger partial charge in [0.15, 0.2) is 0 Å². The Morgan fingerprint density at radius 2 is 1.25 bits per heavy atom. The molecule has 0 saturated carbocycles. The number of likely N-dealkylation sites (N-methyl/N-ethyl adjacent to an activating group) is 1. The van der Waals surface area contributed by atoms with Gasteiger partial charge in [0, 0.05) is 0 Å². The van der Waals surface area contributed by atoms with E-state index in [9.17, 15) is 0 Å². The summed E-state index contributed by atoms with van der Waals surface area (Å²) < 4.78 is 7.10. The molecule has 0 atom stereocenters. The molecule has 0 saturated heterocycles. The molecule has 0 aliphatic rings. The van der Waals surface area contributed by atoms with Gasteiger partial charge in [-0.1, -0.05) is 42.5 Å². The van der Waals surface area contributed by atoms with Crippen LogP contribution in [0.25, 0.3) is 0 Å². The molecule has 2 aromatic carbocycles. The van der Waals surface area contributed by atoms with Crippen LogP contribution >= 0.6 is 0 Å². The quantitative estimate of drug-likeness (QED) is 0.574. The summed E-state index contributed by atoms with van der Waals surface area (Å²) in [5.74, 6) is 0.986.